The van der Waals surface area contributed by atoms with Gasteiger partial charge in [-0.2, -0.15) is 13.2 Å². The van der Waals surface area contributed by atoms with Crippen LogP contribution in [0.15, 0.2) is 12.1 Å². The van der Waals surface area contributed by atoms with E-state index in [0.717, 1.165) is 0 Å². The molecule has 1 saturated heterocycles. The summed E-state index contributed by atoms with van der Waals surface area (Å²) in [6.07, 6.45) is -4.33. The zero-order chi connectivity index (χ0) is 14.9. The minimum atomic E-state index is -4.33. The molecule has 0 bridgehead atoms. The summed E-state index contributed by atoms with van der Waals surface area (Å²) in [5, 5.41) is 12.8. The van der Waals surface area contributed by atoms with Crippen molar-refractivity contribution in [2.45, 2.75) is 12.2 Å². The molecule has 8 heteroatoms. The summed E-state index contributed by atoms with van der Waals surface area (Å²) >= 11 is 3.71. The number of phenols is 1. The third-order valence-electron chi connectivity index (χ3n) is 3.18. The lowest BCUT2D eigenvalue weighted by molar-refractivity contribution is -0.187. The van der Waals surface area contributed by atoms with Gasteiger partial charge < -0.3 is 10.4 Å². The quantitative estimate of drug-likeness (QED) is 0.599. The fourth-order valence-electron chi connectivity index (χ4n) is 2.29. The predicted octanol–water partition coefficient (Wildman–Crippen LogP) is 3.11. The van der Waals surface area contributed by atoms with Crippen molar-refractivity contribution in [1.29, 1.82) is 0 Å². The van der Waals surface area contributed by atoms with Gasteiger partial charge in [0.1, 0.15) is 11.8 Å². The van der Waals surface area contributed by atoms with Crippen LogP contribution in [-0.4, -0.2) is 42.4 Å². The lowest BCUT2D eigenvalue weighted by atomic mass is 10.0. The van der Waals surface area contributed by atoms with Crippen LogP contribution in [0.25, 0.3) is 0 Å². The van der Waals surface area contributed by atoms with Gasteiger partial charge in [-0.05, 0) is 62.9 Å². The number of halogens is 5. The van der Waals surface area contributed by atoms with Gasteiger partial charge in [0, 0.05) is 26.2 Å². The highest BCUT2D eigenvalue weighted by Gasteiger charge is 2.45. The van der Waals surface area contributed by atoms with Crippen LogP contribution in [0.5, 0.6) is 5.75 Å². The Kier molecular flexibility index (Phi) is 5.40. The summed E-state index contributed by atoms with van der Waals surface area (Å²) in [7, 11) is 0. The van der Waals surface area contributed by atoms with Crippen molar-refractivity contribution in [3.8, 4) is 5.75 Å². The Morgan fingerprint density at radius 1 is 1.15 bits per heavy atom. The average molecular weight is 512 g/mol. The minimum absolute atomic E-state index is 0.0381. The SMILES string of the molecule is Oc1c(I)cc([C@@H](N2CCNCC2)C(F)(F)F)cc1I. The molecule has 1 aromatic carbocycles. The van der Waals surface area contributed by atoms with Crippen molar-refractivity contribution in [1.82, 2.24) is 10.2 Å². The van der Waals surface area contributed by atoms with E-state index in [1.165, 1.54) is 17.0 Å². The Morgan fingerprint density at radius 3 is 2.10 bits per heavy atom. The van der Waals surface area contributed by atoms with Crippen molar-refractivity contribution in [2.24, 2.45) is 0 Å². The number of phenolic OH excluding ortho intramolecular Hbond substituents is 1. The van der Waals surface area contributed by atoms with Crippen LogP contribution in [0.4, 0.5) is 13.2 Å². The average Bonchev–Trinajstić information content (AvgIpc) is 2.35. The molecule has 20 heavy (non-hydrogen) atoms. The van der Waals surface area contributed by atoms with Crippen LogP contribution >= 0.6 is 45.2 Å². The van der Waals surface area contributed by atoms with Gasteiger partial charge in [-0.25, -0.2) is 0 Å². The van der Waals surface area contributed by atoms with E-state index in [2.05, 4.69) is 5.32 Å². The van der Waals surface area contributed by atoms with Gasteiger partial charge >= 0.3 is 6.18 Å². The Morgan fingerprint density at radius 2 is 1.65 bits per heavy atom. The Hall–Kier alpha value is 0.190. The molecule has 0 saturated carbocycles. The molecule has 3 nitrogen and oxygen atoms in total. The first kappa shape index (κ1) is 16.6. The highest BCUT2D eigenvalue weighted by Crippen LogP contribution is 2.40. The topological polar surface area (TPSA) is 35.5 Å². The van der Waals surface area contributed by atoms with Gasteiger partial charge in [-0.15, -0.1) is 0 Å². The summed E-state index contributed by atoms with van der Waals surface area (Å²) in [5.74, 6) is 0.0381. The third kappa shape index (κ3) is 3.69. The summed E-state index contributed by atoms with van der Waals surface area (Å²) in [6, 6.07) is 1.21. The van der Waals surface area contributed by atoms with Crippen molar-refractivity contribution in [2.75, 3.05) is 26.2 Å². The number of nitrogens with one attached hydrogen (secondary N) is 1. The highest BCUT2D eigenvalue weighted by atomic mass is 127. The van der Waals surface area contributed by atoms with E-state index in [4.69, 9.17) is 0 Å². The summed E-state index contributed by atoms with van der Waals surface area (Å²) in [6.45, 7) is 1.83. The maximum Gasteiger partial charge on any atom is 0.408 e. The van der Waals surface area contributed by atoms with Crippen LogP contribution in [-0.2, 0) is 0 Å². The van der Waals surface area contributed by atoms with Gasteiger partial charge in [-0.3, -0.25) is 4.90 Å². The van der Waals surface area contributed by atoms with Crippen molar-refractivity contribution < 1.29 is 18.3 Å². The first-order valence-electron chi connectivity index (χ1n) is 6.00. The maximum atomic E-state index is 13.4. The normalized spacial score (nSPS) is 19.1. The molecule has 0 amide bonds. The molecule has 0 spiro atoms. The van der Waals surface area contributed by atoms with Crippen LogP contribution < -0.4 is 5.32 Å². The summed E-state index contributed by atoms with van der Waals surface area (Å²) in [5.41, 5.74) is 0.186. The molecular formula is C12H13F3I2N2O. The van der Waals surface area contributed by atoms with Gasteiger partial charge in [0.25, 0.3) is 0 Å². The van der Waals surface area contributed by atoms with Crippen molar-refractivity contribution in [3.05, 3.63) is 24.8 Å². The third-order valence-corrected chi connectivity index (χ3v) is 4.83. The molecule has 0 radical (unpaired) electrons. The zero-order valence-corrected chi connectivity index (χ0v) is 14.7. The van der Waals surface area contributed by atoms with Gasteiger partial charge in [0.05, 0.1) is 7.14 Å². The van der Waals surface area contributed by atoms with Crippen molar-refractivity contribution >= 4 is 45.2 Å². The van der Waals surface area contributed by atoms with Gasteiger partial charge in [-0.1, -0.05) is 0 Å². The maximum absolute atomic E-state index is 13.4. The molecule has 0 aromatic heterocycles. The molecule has 0 unspecified atom stereocenters. The van der Waals surface area contributed by atoms with E-state index in [1.807, 2.05) is 45.2 Å². The first-order valence-corrected chi connectivity index (χ1v) is 8.16. The van der Waals surface area contributed by atoms with E-state index in [9.17, 15) is 18.3 Å². The first-order chi connectivity index (χ1) is 9.30. The van der Waals surface area contributed by atoms with E-state index >= 15 is 0 Å². The number of rotatable bonds is 2. The number of piperazine rings is 1. The summed E-state index contributed by atoms with van der Waals surface area (Å²) in [4.78, 5) is 1.44. The molecule has 1 fully saturated rings. The van der Waals surface area contributed by atoms with E-state index < -0.39 is 12.2 Å². The van der Waals surface area contributed by atoms with Crippen LogP contribution in [0.1, 0.15) is 11.6 Å². The summed E-state index contributed by atoms with van der Waals surface area (Å²) < 4.78 is 41.2. The molecule has 112 valence electrons. The van der Waals surface area contributed by atoms with E-state index in [0.29, 0.717) is 33.3 Å². The monoisotopic (exact) mass is 512 g/mol. The minimum Gasteiger partial charge on any atom is -0.506 e. The second-order valence-electron chi connectivity index (χ2n) is 4.56. The number of nitrogens with zero attached hydrogens (tertiary/aromatic N) is 1. The Labute approximate surface area is 142 Å². The number of alkyl halides is 3. The van der Waals surface area contributed by atoms with Gasteiger partial charge in [0.2, 0.25) is 0 Å². The van der Waals surface area contributed by atoms with E-state index in [1.54, 1.807) is 0 Å². The number of aromatic hydroxyl groups is 1. The largest absolute Gasteiger partial charge is 0.506 e. The van der Waals surface area contributed by atoms with Crippen molar-refractivity contribution in [3.63, 3.8) is 0 Å². The smallest absolute Gasteiger partial charge is 0.408 e. The molecular weight excluding hydrogens is 499 g/mol. The Bertz CT molecular complexity index is 467. The van der Waals surface area contributed by atoms with Crippen LogP contribution in [0.2, 0.25) is 0 Å². The molecule has 1 heterocycles. The fraction of sp³-hybridized carbons (Fsp3) is 0.500. The molecule has 2 rings (SSSR count). The molecule has 1 aromatic rings. The number of hydrogen-bond acceptors (Lipinski definition) is 3. The van der Waals surface area contributed by atoms with Crippen LogP contribution in [0, 0.1) is 7.14 Å². The van der Waals surface area contributed by atoms with E-state index in [-0.39, 0.29) is 11.3 Å². The zero-order valence-electron chi connectivity index (χ0n) is 10.3. The molecule has 0 aliphatic carbocycles. The molecule has 1 aliphatic rings. The highest BCUT2D eigenvalue weighted by molar-refractivity contribution is 14.1. The van der Waals surface area contributed by atoms with Crippen LogP contribution in [0.3, 0.4) is 0 Å². The second kappa shape index (κ2) is 6.53. The second-order valence-corrected chi connectivity index (χ2v) is 6.89. The molecule has 1 aliphatic heterocycles. The standard InChI is InChI=1S/C12H13F3I2N2O/c13-12(14,15)11(19-3-1-18-2-4-19)7-5-8(16)10(20)9(17)6-7/h5-6,11,18,20H,1-4H2/t11-/m1/s1. The lowest BCUT2D eigenvalue weighted by Crippen LogP contribution is -2.49. The Balaban J connectivity index is 2.41. The number of hydrogen-bond donors (Lipinski definition) is 2. The lowest BCUT2D eigenvalue weighted by Gasteiger charge is -2.36. The molecule has 1 atom stereocenters. The van der Waals surface area contributed by atoms with Gasteiger partial charge in [0.15, 0.2) is 0 Å². The fourth-order valence-corrected chi connectivity index (χ4v) is 4.11. The number of benzene rings is 1. The predicted molar refractivity (Wildman–Crippen MR) is 86.8 cm³/mol. The molecule has 2 N–H and O–H groups in total.